The molecule has 1 heteroatoms. The number of hydrogen-bond donors (Lipinski definition) is 0. The van der Waals surface area contributed by atoms with Crippen LogP contribution in [0.3, 0.4) is 0 Å². The van der Waals surface area contributed by atoms with Crippen molar-refractivity contribution in [2.45, 2.75) is 59.0 Å². The van der Waals surface area contributed by atoms with Gasteiger partial charge in [-0.3, -0.25) is 0 Å². The lowest BCUT2D eigenvalue weighted by Gasteiger charge is -2.42. The lowest BCUT2D eigenvalue weighted by Crippen LogP contribution is -2.34. The molecule has 0 aliphatic heterocycles. The fourth-order valence-electron chi connectivity index (χ4n) is 2.60. The molecule has 13 heavy (non-hydrogen) atoms. The molecule has 1 aliphatic carbocycles. The Kier molecular flexibility index (Phi) is 3.78. The van der Waals surface area contributed by atoms with Crippen LogP contribution in [-0.2, 0) is 4.74 Å². The van der Waals surface area contributed by atoms with Gasteiger partial charge in [0.25, 0.3) is 0 Å². The summed E-state index contributed by atoms with van der Waals surface area (Å²) < 4.78 is 5.48. The monoisotopic (exact) mass is 184 g/mol. The van der Waals surface area contributed by atoms with E-state index in [4.69, 9.17) is 4.74 Å². The summed E-state index contributed by atoms with van der Waals surface area (Å²) in [6, 6.07) is 0. The normalized spacial score (nSPS) is 37.4. The number of methoxy groups -OCH3 is 1. The van der Waals surface area contributed by atoms with E-state index in [9.17, 15) is 0 Å². The van der Waals surface area contributed by atoms with Crippen LogP contribution in [0.2, 0.25) is 0 Å². The Bertz CT molecular complexity index is 155. The van der Waals surface area contributed by atoms with Gasteiger partial charge in [0.15, 0.2) is 0 Å². The fraction of sp³-hybridized carbons (Fsp3) is 1.00. The third kappa shape index (κ3) is 2.46. The van der Waals surface area contributed by atoms with Gasteiger partial charge in [-0.1, -0.05) is 33.6 Å². The first-order chi connectivity index (χ1) is 6.12. The number of ether oxygens (including phenoxy) is 1. The van der Waals surface area contributed by atoms with Crippen molar-refractivity contribution in [3.8, 4) is 0 Å². The van der Waals surface area contributed by atoms with Crippen LogP contribution in [-0.4, -0.2) is 13.2 Å². The van der Waals surface area contributed by atoms with Crippen LogP contribution in [0.25, 0.3) is 0 Å². The Balaban J connectivity index is 2.56. The quantitative estimate of drug-likeness (QED) is 0.651. The summed E-state index contributed by atoms with van der Waals surface area (Å²) in [5, 5.41) is 0. The molecule has 0 amide bonds. The topological polar surface area (TPSA) is 9.23 Å². The molecule has 1 nitrogen and oxygen atoms in total. The van der Waals surface area contributed by atoms with Crippen LogP contribution in [0, 0.1) is 11.3 Å². The summed E-state index contributed by atoms with van der Waals surface area (Å²) >= 11 is 0. The molecular weight excluding hydrogens is 160 g/mol. The Labute approximate surface area is 82.9 Å². The highest BCUT2D eigenvalue weighted by Crippen LogP contribution is 2.43. The van der Waals surface area contributed by atoms with Gasteiger partial charge < -0.3 is 4.74 Å². The second kappa shape index (κ2) is 4.45. The Morgan fingerprint density at radius 1 is 1.54 bits per heavy atom. The lowest BCUT2D eigenvalue weighted by molar-refractivity contribution is -0.00424. The lowest BCUT2D eigenvalue weighted by atomic mass is 9.66. The van der Waals surface area contributed by atoms with Gasteiger partial charge in [0.05, 0.1) is 6.10 Å². The van der Waals surface area contributed by atoms with Gasteiger partial charge in [0.1, 0.15) is 0 Å². The van der Waals surface area contributed by atoms with Crippen LogP contribution in [0.5, 0.6) is 0 Å². The zero-order valence-corrected chi connectivity index (χ0v) is 9.60. The van der Waals surface area contributed by atoms with E-state index in [0.717, 1.165) is 5.92 Å². The maximum Gasteiger partial charge on any atom is 0.0576 e. The minimum absolute atomic E-state index is 0.521. The van der Waals surface area contributed by atoms with E-state index < -0.39 is 0 Å². The Morgan fingerprint density at radius 3 is 2.77 bits per heavy atom. The highest BCUT2D eigenvalue weighted by Gasteiger charge is 2.35. The molecule has 3 atom stereocenters. The maximum atomic E-state index is 5.48. The zero-order chi connectivity index (χ0) is 9.90. The van der Waals surface area contributed by atoms with Gasteiger partial charge >= 0.3 is 0 Å². The predicted molar refractivity (Wildman–Crippen MR) is 56.8 cm³/mol. The summed E-state index contributed by atoms with van der Waals surface area (Å²) in [6.45, 7) is 7.12. The van der Waals surface area contributed by atoms with Crippen LogP contribution in [0.4, 0.5) is 0 Å². The molecule has 0 bridgehead atoms. The van der Waals surface area contributed by atoms with Crippen LogP contribution in [0.1, 0.15) is 52.9 Å². The van der Waals surface area contributed by atoms with E-state index in [1.54, 1.807) is 0 Å². The van der Waals surface area contributed by atoms with Crippen molar-refractivity contribution >= 4 is 0 Å². The molecule has 1 rings (SSSR count). The van der Waals surface area contributed by atoms with Crippen molar-refractivity contribution in [1.29, 1.82) is 0 Å². The molecule has 1 fully saturated rings. The predicted octanol–water partition coefficient (Wildman–Crippen LogP) is 3.63. The first kappa shape index (κ1) is 11.0. The molecule has 0 aromatic heterocycles. The molecule has 0 aromatic carbocycles. The van der Waals surface area contributed by atoms with E-state index in [-0.39, 0.29) is 0 Å². The molecule has 0 heterocycles. The average Bonchev–Trinajstić information content (AvgIpc) is 2.16. The molecule has 0 aromatic rings. The van der Waals surface area contributed by atoms with Gasteiger partial charge in [-0.25, -0.2) is 0 Å². The van der Waals surface area contributed by atoms with Crippen molar-refractivity contribution in [2.75, 3.05) is 7.11 Å². The van der Waals surface area contributed by atoms with E-state index >= 15 is 0 Å². The largest absolute Gasteiger partial charge is 0.381 e. The van der Waals surface area contributed by atoms with E-state index in [0.29, 0.717) is 11.5 Å². The molecule has 1 saturated carbocycles. The van der Waals surface area contributed by atoms with Gasteiger partial charge in [-0.15, -0.1) is 0 Å². The molecule has 78 valence electrons. The molecule has 0 spiro atoms. The van der Waals surface area contributed by atoms with Crippen molar-refractivity contribution < 1.29 is 4.74 Å². The summed E-state index contributed by atoms with van der Waals surface area (Å²) in [7, 11) is 1.85. The third-order valence-corrected chi connectivity index (χ3v) is 4.10. The van der Waals surface area contributed by atoms with Crippen molar-refractivity contribution in [2.24, 2.45) is 11.3 Å². The van der Waals surface area contributed by atoms with Crippen LogP contribution < -0.4 is 0 Å². The molecule has 0 radical (unpaired) electrons. The summed E-state index contributed by atoms with van der Waals surface area (Å²) in [5.74, 6) is 0.838. The van der Waals surface area contributed by atoms with Crippen molar-refractivity contribution in [3.05, 3.63) is 0 Å². The zero-order valence-electron chi connectivity index (χ0n) is 9.60. The van der Waals surface area contributed by atoms with Crippen LogP contribution >= 0.6 is 0 Å². The summed E-state index contributed by atoms with van der Waals surface area (Å²) in [5.41, 5.74) is 0.535. The molecular formula is C12H24O. The molecule has 1 aliphatic rings. The van der Waals surface area contributed by atoms with Crippen molar-refractivity contribution in [1.82, 2.24) is 0 Å². The third-order valence-electron chi connectivity index (χ3n) is 4.10. The highest BCUT2D eigenvalue weighted by molar-refractivity contribution is 4.86. The first-order valence-electron chi connectivity index (χ1n) is 5.65. The second-order valence-electron chi connectivity index (χ2n) is 4.92. The van der Waals surface area contributed by atoms with E-state index in [1.807, 2.05) is 7.11 Å². The summed E-state index contributed by atoms with van der Waals surface area (Å²) in [6.07, 6.45) is 7.09. The van der Waals surface area contributed by atoms with Crippen molar-refractivity contribution in [3.63, 3.8) is 0 Å². The standard InChI is InChI=1S/C12H24O/c1-5-10(2)12(3)8-6-7-11(9-12)13-4/h10-11H,5-9H2,1-4H3. The van der Waals surface area contributed by atoms with E-state index in [1.165, 1.54) is 32.1 Å². The number of rotatable bonds is 3. The van der Waals surface area contributed by atoms with Gasteiger partial charge in [0.2, 0.25) is 0 Å². The number of hydrogen-bond acceptors (Lipinski definition) is 1. The highest BCUT2D eigenvalue weighted by atomic mass is 16.5. The SMILES string of the molecule is CCC(C)C1(C)CCCC(OC)C1. The average molecular weight is 184 g/mol. The maximum absolute atomic E-state index is 5.48. The summed E-state index contributed by atoms with van der Waals surface area (Å²) in [4.78, 5) is 0. The smallest absolute Gasteiger partial charge is 0.0576 e. The van der Waals surface area contributed by atoms with E-state index in [2.05, 4.69) is 20.8 Å². The molecule has 0 saturated heterocycles. The molecule has 3 unspecified atom stereocenters. The fourth-order valence-corrected chi connectivity index (χ4v) is 2.60. The van der Waals surface area contributed by atoms with Gasteiger partial charge in [-0.05, 0) is 30.6 Å². The molecule has 0 N–H and O–H groups in total. The Morgan fingerprint density at radius 2 is 2.23 bits per heavy atom. The van der Waals surface area contributed by atoms with Crippen LogP contribution in [0.15, 0.2) is 0 Å². The second-order valence-corrected chi connectivity index (χ2v) is 4.92. The van der Waals surface area contributed by atoms with Gasteiger partial charge in [-0.2, -0.15) is 0 Å². The minimum Gasteiger partial charge on any atom is -0.381 e. The first-order valence-corrected chi connectivity index (χ1v) is 5.65. The minimum atomic E-state index is 0.521. The van der Waals surface area contributed by atoms with Gasteiger partial charge in [0, 0.05) is 7.11 Å². The Hall–Kier alpha value is -0.0400.